The number of hydrogen-bond acceptors (Lipinski definition) is 6. The second kappa shape index (κ2) is 11.6. The van der Waals surface area contributed by atoms with Gasteiger partial charge in [0.05, 0.1) is 15.4 Å². The highest BCUT2D eigenvalue weighted by Gasteiger charge is 2.38. The zero-order chi connectivity index (χ0) is 22.9. The zero-order valence-electron chi connectivity index (χ0n) is 18.0. The van der Waals surface area contributed by atoms with Gasteiger partial charge in [0, 0.05) is 37.6 Å². The van der Waals surface area contributed by atoms with Crippen LogP contribution in [0.4, 0.5) is 5.69 Å². The minimum atomic E-state index is -0.490. The molecule has 0 unspecified atom stereocenters. The van der Waals surface area contributed by atoms with Crippen molar-refractivity contribution >= 4 is 34.8 Å². The van der Waals surface area contributed by atoms with E-state index < -0.39 is 4.92 Å². The first-order valence-electron chi connectivity index (χ1n) is 10.6. The molecule has 2 aromatic rings. The fourth-order valence-electron chi connectivity index (χ4n) is 3.30. The molecule has 0 aliphatic carbocycles. The maximum absolute atomic E-state index is 13.2. The van der Waals surface area contributed by atoms with Gasteiger partial charge in [-0.05, 0) is 36.1 Å². The van der Waals surface area contributed by atoms with Crippen molar-refractivity contribution in [2.45, 2.75) is 31.9 Å². The molecule has 1 aliphatic heterocycles. The molecule has 0 saturated carbocycles. The quantitative estimate of drug-likeness (QED) is 0.198. The van der Waals surface area contributed by atoms with Crippen LogP contribution in [0.15, 0.2) is 59.5 Å². The van der Waals surface area contributed by atoms with Gasteiger partial charge in [0.15, 0.2) is 0 Å². The Balaban J connectivity index is 1.79. The van der Waals surface area contributed by atoms with E-state index >= 15 is 0 Å². The van der Waals surface area contributed by atoms with Crippen LogP contribution in [0.2, 0.25) is 0 Å². The van der Waals surface area contributed by atoms with Crippen LogP contribution in [0.5, 0.6) is 0 Å². The van der Waals surface area contributed by atoms with Crippen molar-refractivity contribution in [1.82, 2.24) is 4.90 Å². The Labute approximate surface area is 191 Å². The van der Waals surface area contributed by atoms with Crippen LogP contribution in [0.3, 0.4) is 0 Å². The van der Waals surface area contributed by atoms with E-state index in [1.165, 1.54) is 40.9 Å². The molecule has 3 rings (SSSR count). The standard InChI is InChI=1S/C24H26N2O5S/c1-2-3-15-31-16-7-14-25-23(27)21(19-10-12-20(13-11-19)26(29)30)22(24(25)28)32-17-18-8-5-4-6-9-18/h4-6,8-13H,2-3,7,14-17H2,1H3. The van der Waals surface area contributed by atoms with E-state index in [0.717, 1.165) is 18.4 Å². The highest BCUT2D eigenvalue weighted by atomic mass is 32.2. The summed E-state index contributed by atoms with van der Waals surface area (Å²) in [5.74, 6) is -0.148. The number of unbranched alkanes of at least 4 members (excludes halogenated alkanes) is 1. The maximum atomic E-state index is 13.2. The van der Waals surface area contributed by atoms with E-state index in [2.05, 4.69) is 6.92 Å². The van der Waals surface area contributed by atoms with Crippen molar-refractivity contribution in [3.05, 3.63) is 80.7 Å². The number of amides is 2. The number of hydrogen-bond donors (Lipinski definition) is 0. The Hall–Kier alpha value is -2.97. The van der Waals surface area contributed by atoms with Crippen molar-refractivity contribution in [3.63, 3.8) is 0 Å². The van der Waals surface area contributed by atoms with Gasteiger partial charge in [-0.2, -0.15) is 0 Å². The third-order valence-corrected chi connectivity index (χ3v) is 6.18. The molecule has 168 valence electrons. The van der Waals surface area contributed by atoms with Gasteiger partial charge < -0.3 is 4.74 Å². The van der Waals surface area contributed by atoms with Crippen molar-refractivity contribution in [1.29, 1.82) is 0 Å². The Morgan fingerprint density at radius 2 is 1.66 bits per heavy atom. The van der Waals surface area contributed by atoms with Gasteiger partial charge in [-0.25, -0.2) is 0 Å². The summed E-state index contributed by atoms with van der Waals surface area (Å²) >= 11 is 1.32. The van der Waals surface area contributed by atoms with Gasteiger partial charge in [0.1, 0.15) is 0 Å². The van der Waals surface area contributed by atoms with E-state index in [0.29, 0.717) is 41.4 Å². The number of benzene rings is 2. The van der Waals surface area contributed by atoms with Crippen LogP contribution in [0.25, 0.3) is 5.57 Å². The maximum Gasteiger partial charge on any atom is 0.269 e. The lowest BCUT2D eigenvalue weighted by molar-refractivity contribution is -0.384. The number of nitro benzene ring substituents is 1. The summed E-state index contributed by atoms with van der Waals surface area (Å²) in [5.41, 5.74) is 1.78. The average Bonchev–Trinajstić information content (AvgIpc) is 3.04. The van der Waals surface area contributed by atoms with E-state index in [9.17, 15) is 19.7 Å². The van der Waals surface area contributed by atoms with Crippen LogP contribution in [0, 0.1) is 10.1 Å². The molecule has 0 N–H and O–H groups in total. The van der Waals surface area contributed by atoms with Crippen molar-refractivity contribution in [2.75, 3.05) is 19.8 Å². The topological polar surface area (TPSA) is 89.8 Å². The summed E-state index contributed by atoms with van der Waals surface area (Å²) in [6, 6.07) is 15.5. The van der Waals surface area contributed by atoms with Crippen LogP contribution in [-0.2, 0) is 20.1 Å². The van der Waals surface area contributed by atoms with Crippen LogP contribution < -0.4 is 0 Å². The molecular weight excluding hydrogens is 428 g/mol. The molecule has 2 aromatic carbocycles. The Morgan fingerprint density at radius 3 is 2.31 bits per heavy atom. The average molecular weight is 455 g/mol. The number of imide groups is 1. The molecule has 0 saturated heterocycles. The number of carbonyl (C=O) groups excluding carboxylic acids is 2. The third kappa shape index (κ3) is 5.83. The summed E-state index contributed by atoms with van der Waals surface area (Å²) < 4.78 is 5.55. The molecule has 0 atom stereocenters. The molecule has 8 heteroatoms. The molecule has 2 amide bonds. The van der Waals surface area contributed by atoms with Crippen molar-refractivity contribution < 1.29 is 19.2 Å². The summed E-state index contributed by atoms with van der Waals surface area (Å²) in [6.45, 7) is 3.51. The molecule has 0 spiro atoms. The molecule has 7 nitrogen and oxygen atoms in total. The van der Waals surface area contributed by atoms with Gasteiger partial charge >= 0.3 is 0 Å². The Bertz CT molecular complexity index is 989. The Kier molecular flexibility index (Phi) is 8.58. The molecular formula is C24H26N2O5S. The van der Waals surface area contributed by atoms with Crippen molar-refractivity contribution in [2.24, 2.45) is 0 Å². The number of ether oxygens (including phenoxy) is 1. The first-order chi connectivity index (χ1) is 15.5. The Morgan fingerprint density at radius 1 is 0.969 bits per heavy atom. The van der Waals surface area contributed by atoms with Crippen LogP contribution in [-0.4, -0.2) is 41.4 Å². The zero-order valence-corrected chi connectivity index (χ0v) is 18.8. The van der Waals surface area contributed by atoms with Crippen LogP contribution in [0.1, 0.15) is 37.3 Å². The second-order valence-electron chi connectivity index (χ2n) is 7.36. The normalized spacial score (nSPS) is 13.8. The van der Waals surface area contributed by atoms with E-state index in [1.54, 1.807) is 0 Å². The largest absolute Gasteiger partial charge is 0.381 e. The summed E-state index contributed by atoms with van der Waals surface area (Å²) in [7, 11) is 0. The van der Waals surface area contributed by atoms with Crippen LogP contribution >= 0.6 is 11.8 Å². The number of rotatable bonds is 12. The lowest BCUT2D eigenvalue weighted by atomic mass is 10.1. The first kappa shape index (κ1) is 23.7. The monoisotopic (exact) mass is 454 g/mol. The number of nitro groups is 1. The second-order valence-corrected chi connectivity index (χ2v) is 8.35. The van der Waals surface area contributed by atoms with Gasteiger partial charge in [-0.3, -0.25) is 24.6 Å². The highest BCUT2D eigenvalue weighted by molar-refractivity contribution is 8.03. The predicted octanol–water partition coefficient (Wildman–Crippen LogP) is 4.81. The first-order valence-corrected chi connectivity index (χ1v) is 11.6. The van der Waals surface area contributed by atoms with Gasteiger partial charge in [-0.15, -0.1) is 11.8 Å². The van der Waals surface area contributed by atoms with Gasteiger partial charge in [0.2, 0.25) is 0 Å². The molecule has 0 aromatic heterocycles. The molecule has 0 radical (unpaired) electrons. The summed E-state index contributed by atoms with van der Waals surface area (Å²) in [5, 5.41) is 11.0. The van der Waals surface area contributed by atoms with Gasteiger partial charge in [0.25, 0.3) is 17.5 Å². The fraction of sp³-hybridized carbons (Fsp3) is 0.333. The minimum Gasteiger partial charge on any atom is -0.381 e. The third-order valence-electron chi connectivity index (χ3n) is 5.03. The minimum absolute atomic E-state index is 0.0642. The molecule has 32 heavy (non-hydrogen) atoms. The van der Waals surface area contributed by atoms with E-state index in [-0.39, 0.29) is 24.0 Å². The van der Waals surface area contributed by atoms with E-state index in [4.69, 9.17) is 4.74 Å². The highest BCUT2D eigenvalue weighted by Crippen LogP contribution is 2.38. The lowest BCUT2D eigenvalue weighted by Gasteiger charge is -2.15. The van der Waals surface area contributed by atoms with Gasteiger partial charge in [-0.1, -0.05) is 43.7 Å². The predicted molar refractivity (Wildman–Crippen MR) is 125 cm³/mol. The molecule has 0 bridgehead atoms. The lowest BCUT2D eigenvalue weighted by Crippen LogP contribution is -2.33. The number of nitrogens with zero attached hydrogens (tertiary/aromatic N) is 2. The summed E-state index contributed by atoms with van der Waals surface area (Å²) in [6.07, 6.45) is 2.59. The number of non-ortho nitro benzene ring substituents is 1. The number of carbonyl (C=O) groups is 2. The van der Waals surface area contributed by atoms with E-state index in [1.807, 2.05) is 30.3 Å². The number of thioether (sulfide) groups is 1. The smallest absolute Gasteiger partial charge is 0.269 e. The molecule has 1 heterocycles. The summed E-state index contributed by atoms with van der Waals surface area (Å²) in [4.78, 5) is 38.4. The molecule has 0 fully saturated rings. The fourth-order valence-corrected chi connectivity index (χ4v) is 4.38. The molecule has 1 aliphatic rings. The SMILES string of the molecule is CCCCOCCCN1C(=O)C(SCc2ccccc2)=C(c2ccc([N+](=O)[O-])cc2)C1=O. The van der Waals surface area contributed by atoms with Crippen molar-refractivity contribution in [3.8, 4) is 0 Å².